The fourth-order valence-electron chi connectivity index (χ4n) is 1.90. The van der Waals surface area contributed by atoms with Crippen LogP contribution in [0.3, 0.4) is 0 Å². The van der Waals surface area contributed by atoms with Gasteiger partial charge in [-0.25, -0.2) is 4.98 Å². The van der Waals surface area contributed by atoms with Gasteiger partial charge in [-0.15, -0.1) is 0 Å². The number of rotatable bonds is 7. The maximum Gasteiger partial charge on any atom is 0.170 e. The normalized spacial score (nSPS) is 13.3. The van der Waals surface area contributed by atoms with E-state index in [2.05, 4.69) is 35.8 Å². The number of hydrogen-bond acceptors (Lipinski definition) is 4. The number of pyridine rings is 1. The first-order valence-corrected chi connectivity index (χ1v) is 6.84. The summed E-state index contributed by atoms with van der Waals surface area (Å²) in [4.78, 5) is 6.69. The summed E-state index contributed by atoms with van der Waals surface area (Å²) in [7, 11) is 0. The number of aromatic nitrogens is 1. The highest BCUT2D eigenvalue weighted by molar-refractivity contribution is 5.97. The van der Waals surface area contributed by atoms with Crippen molar-refractivity contribution < 1.29 is 5.21 Å². The molecule has 1 rings (SSSR count). The maximum absolute atomic E-state index is 8.74. The molecule has 19 heavy (non-hydrogen) atoms. The first-order valence-electron chi connectivity index (χ1n) is 6.84. The maximum atomic E-state index is 8.74. The molecule has 5 heteroatoms. The van der Waals surface area contributed by atoms with Crippen molar-refractivity contribution in [3.63, 3.8) is 0 Å². The molecule has 0 radical (unpaired) electrons. The Bertz CT molecular complexity index is 420. The van der Waals surface area contributed by atoms with Crippen molar-refractivity contribution in [2.24, 2.45) is 10.9 Å². The van der Waals surface area contributed by atoms with Gasteiger partial charge in [0.2, 0.25) is 0 Å². The van der Waals surface area contributed by atoms with E-state index in [0.29, 0.717) is 11.6 Å². The summed E-state index contributed by atoms with van der Waals surface area (Å²) >= 11 is 0. The van der Waals surface area contributed by atoms with Crippen LogP contribution in [0.4, 0.5) is 5.82 Å². The lowest BCUT2D eigenvalue weighted by Gasteiger charge is -2.30. The fourth-order valence-corrected chi connectivity index (χ4v) is 1.90. The predicted molar refractivity (Wildman–Crippen MR) is 78.8 cm³/mol. The van der Waals surface area contributed by atoms with Gasteiger partial charge in [0.1, 0.15) is 5.82 Å². The molecule has 1 atom stereocenters. The van der Waals surface area contributed by atoms with Crippen LogP contribution in [0.25, 0.3) is 0 Å². The highest BCUT2D eigenvalue weighted by Gasteiger charge is 2.14. The fraction of sp³-hybridized carbons (Fsp3) is 0.571. The third-order valence-corrected chi connectivity index (χ3v) is 3.32. The van der Waals surface area contributed by atoms with Crippen LogP contribution in [-0.2, 0) is 0 Å². The minimum Gasteiger partial charge on any atom is -0.409 e. The molecule has 5 nitrogen and oxygen atoms in total. The molecule has 1 aromatic rings. The zero-order valence-corrected chi connectivity index (χ0v) is 12.0. The van der Waals surface area contributed by atoms with Crippen molar-refractivity contribution >= 4 is 11.7 Å². The molecule has 0 aromatic carbocycles. The van der Waals surface area contributed by atoms with Crippen molar-refractivity contribution in [3.05, 3.63) is 23.9 Å². The van der Waals surface area contributed by atoms with Crippen molar-refractivity contribution in [2.45, 2.75) is 46.1 Å². The molecule has 0 saturated heterocycles. The van der Waals surface area contributed by atoms with Gasteiger partial charge in [-0.3, -0.25) is 0 Å². The smallest absolute Gasteiger partial charge is 0.170 e. The Labute approximate surface area is 115 Å². The molecule has 1 unspecified atom stereocenters. The van der Waals surface area contributed by atoms with Gasteiger partial charge in [-0.05, 0) is 31.9 Å². The molecule has 0 amide bonds. The molecule has 0 fully saturated rings. The Morgan fingerprint density at radius 3 is 2.84 bits per heavy atom. The third-order valence-electron chi connectivity index (χ3n) is 3.32. The highest BCUT2D eigenvalue weighted by Crippen LogP contribution is 2.18. The zero-order valence-electron chi connectivity index (χ0n) is 12.0. The van der Waals surface area contributed by atoms with Gasteiger partial charge in [0, 0.05) is 24.3 Å². The summed E-state index contributed by atoms with van der Waals surface area (Å²) in [5.41, 5.74) is 6.32. The number of oxime groups is 1. The second-order valence-electron chi connectivity index (χ2n) is 4.69. The lowest BCUT2D eigenvalue weighted by molar-refractivity contribution is 0.318. The lowest BCUT2D eigenvalue weighted by atomic mass is 10.1. The van der Waals surface area contributed by atoms with Crippen LogP contribution in [0, 0.1) is 0 Å². The second kappa shape index (κ2) is 7.61. The van der Waals surface area contributed by atoms with E-state index >= 15 is 0 Å². The van der Waals surface area contributed by atoms with Gasteiger partial charge in [0.25, 0.3) is 0 Å². The van der Waals surface area contributed by atoms with E-state index in [1.165, 1.54) is 0 Å². The van der Waals surface area contributed by atoms with Crippen LogP contribution >= 0.6 is 0 Å². The summed E-state index contributed by atoms with van der Waals surface area (Å²) in [6, 6.07) is 4.03. The van der Waals surface area contributed by atoms with Crippen LogP contribution in [0.2, 0.25) is 0 Å². The minimum atomic E-state index is 0.114. The van der Waals surface area contributed by atoms with Crippen LogP contribution in [0.15, 0.2) is 23.5 Å². The predicted octanol–water partition coefficient (Wildman–Crippen LogP) is 2.58. The molecule has 1 aromatic heterocycles. The Balaban J connectivity index is 3.01. The summed E-state index contributed by atoms with van der Waals surface area (Å²) < 4.78 is 0. The summed E-state index contributed by atoms with van der Waals surface area (Å²) in [5, 5.41) is 11.8. The molecule has 0 aliphatic carbocycles. The Kier molecular flexibility index (Phi) is 6.12. The largest absolute Gasteiger partial charge is 0.409 e. The highest BCUT2D eigenvalue weighted by atomic mass is 16.4. The molecule has 0 saturated carbocycles. The van der Waals surface area contributed by atoms with Crippen molar-refractivity contribution in [3.8, 4) is 0 Å². The number of anilines is 1. The van der Waals surface area contributed by atoms with Gasteiger partial charge in [-0.2, -0.15) is 0 Å². The Morgan fingerprint density at radius 1 is 1.53 bits per heavy atom. The van der Waals surface area contributed by atoms with Gasteiger partial charge in [-0.1, -0.05) is 25.4 Å². The van der Waals surface area contributed by atoms with Crippen molar-refractivity contribution in [1.29, 1.82) is 0 Å². The molecule has 0 bridgehead atoms. The number of unbranched alkanes of at least 4 members (excludes halogenated alkanes) is 1. The molecule has 3 N–H and O–H groups in total. The molecule has 1 heterocycles. The van der Waals surface area contributed by atoms with E-state index < -0.39 is 0 Å². The van der Waals surface area contributed by atoms with Gasteiger partial charge < -0.3 is 15.8 Å². The van der Waals surface area contributed by atoms with Crippen LogP contribution < -0.4 is 10.6 Å². The average Bonchev–Trinajstić information content (AvgIpc) is 2.46. The van der Waals surface area contributed by atoms with Gasteiger partial charge in [0.15, 0.2) is 5.84 Å². The topological polar surface area (TPSA) is 74.7 Å². The molecule has 0 aliphatic rings. The monoisotopic (exact) mass is 264 g/mol. The number of nitrogens with two attached hydrogens (primary N) is 1. The van der Waals surface area contributed by atoms with Crippen molar-refractivity contribution in [1.82, 2.24) is 4.98 Å². The van der Waals surface area contributed by atoms with Gasteiger partial charge >= 0.3 is 0 Å². The standard InChI is InChI=1S/C14H24N4O/c1-4-6-9-18(11(3)5-2)13-10-12(7-8-16-13)14(15)17-19/h7-8,10-11,19H,4-6,9H2,1-3H3,(H2,15,17). The van der Waals surface area contributed by atoms with E-state index in [1.807, 2.05) is 6.07 Å². The van der Waals surface area contributed by atoms with Crippen LogP contribution in [-0.4, -0.2) is 28.6 Å². The summed E-state index contributed by atoms with van der Waals surface area (Å²) in [6.07, 6.45) is 5.02. The second-order valence-corrected chi connectivity index (χ2v) is 4.69. The van der Waals surface area contributed by atoms with E-state index in [-0.39, 0.29) is 5.84 Å². The third kappa shape index (κ3) is 4.12. The summed E-state index contributed by atoms with van der Waals surface area (Å²) in [6.45, 7) is 7.50. The first kappa shape index (κ1) is 15.3. The quantitative estimate of drug-likeness (QED) is 0.343. The Morgan fingerprint density at radius 2 is 2.26 bits per heavy atom. The molecular formula is C14H24N4O. The van der Waals surface area contributed by atoms with E-state index in [0.717, 1.165) is 31.6 Å². The molecular weight excluding hydrogens is 240 g/mol. The molecule has 0 spiro atoms. The molecule has 106 valence electrons. The number of amidine groups is 1. The van der Waals surface area contributed by atoms with Gasteiger partial charge in [0.05, 0.1) is 0 Å². The van der Waals surface area contributed by atoms with E-state index in [1.54, 1.807) is 12.3 Å². The zero-order chi connectivity index (χ0) is 14.3. The molecule has 0 aliphatic heterocycles. The SMILES string of the molecule is CCCCN(c1cc(/C(N)=N/O)ccn1)C(C)CC. The minimum absolute atomic E-state index is 0.114. The average molecular weight is 264 g/mol. The summed E-state index contributed by atoms with van der Waals surface area (Å²) in [5.74, 6) is 0.996. The van der Waals surface area contributed by atoms with Crippen molar-refractivity contribution in [2.75, 3.05) is 11.4 Å². The van der Waals surface area contributed by atoms with E-state index in [9.17, 15) is 0 Å². The Hall–Kier alpha value is -1.78. The number of hydrogen-bond donors (Lipinski definition) is 2. The first-order chi connectivity index (χ1) is 9.13. The van der Waals surface area contributed by atoms with E-state index in [4.69, 9.17) is 10.9 Å². The van der Waals surface area contributed by atoms with Crippen LogP contribution in [0.5, 0.6) is 0 Å². The van der Waals surface area contributed by atoms with Crippen LogP contribution in [0.1, 0.15) is 45.6 Å². The number of nitrogens with zero attached hydrogens (tertiary/aromatic N) is 3. The lowest BCUT2D eigenvalue weighted by Crippen LogP contribution is -2.34.